The maximum atomic E-state index is 11.0. The lowest BCUT2D eigenvalue weighted by molar-refractivity contribution is 0.0696. The van der Waals surface area contributed by atoms with Gasteiger partial charge in [-0.15, -0.1) is 12.4 Å². The van der Waals surface area contributed by atoms with Crippen LogP contribution in [0, 0.1) is 6.92 Å². The van der Waals surface area contributed by atoms with E-state index >= 15 is 0 Å². The predicted octanol–water partition coefficient (Wildman–Crippen LogP) is 2.77. The average molecular weight is 240 g/mol. The third kappa shape index (κ3) is 2.06. The summed E-state index contributed by atoms with van der Waals surface area (Å²) in [6.07, 6.45) is 0. The molecule has 1 aromatic carbocycles. The molecule has 0 aliphatic rings. The van der Waals surface area contributed by atoms with Crippen LogP contribution in [0.4, 0.5) is 0 Å². The number of carbonyl (C=O) groups is 1. The molecule has 1 aromatic heterocycles. The van der Waals surface area contributed by atoms with Gasteiger partial charge in [0.05, 0.1) is 5.69 Å². The molecule has 0 bridgehead atoms. The molecule has 84 valence electrons. The molecule has 1 heterocycles. The van der Waals surface area contributed by atoms with Crippen LogP contribution in [0.1, 0.15) is 16.1 Å². The summed E-state index contributed by atoms with van der Waals surface area (Å²) in [5, 5.41) is 12.7. The Morgan fingerprint density at radius 3 is 2.50 bits per heavy atom. The van der Waals surface area contributed by atoms with E-state index in [9.17, 15) is 4.79 Å². The summed E-state index contributed by atoms with van der Waals surface area (Å²) >= 11 is 0. The van der Waals surface area contributed by atoms with Gasteiger partial charge in [0.1, 0.15) is 5.56 Å². The van der Waals surface area contributed by atoms with Gasteiger partial charge in [-0.2, -0.15) is 0 Å². The molecule has 2 rings (SSSR count). The molecule has 0 amide bonds. The molecule has 5 heteroatoms. The summed E-state index contributed by atoms with van der Waals surface area (Å²) in [6, 6.07) is 9.06. The molecule has 4 nitrogen and oxygen atoms in total. The molecule has 0 radical (unpaired) electrons. The minimum atomic E-state index is -1.02. The van der Waals surface area contributed by atoms with Crippen molar-refractivity contribution in [1.29, 1.82) is 0 Å². The van der Waals surface area contributed by atoms with Crippen molar-refractivity contribution in [3.8, 4) is 11.3 Å². The van der Waals surface area contributed by atoms with Gasteiger partial charge in [-0.25, -0.2) is 4.79 Å². The van der Waals surface area contributed by atoms with Crippen molar-refractivity contribution >= 4 is 18.4 Å². The van der Waals surface area contributed by atoms with Gasteiger partial charge in [0.25, 0.3) is 0 Å². The van der Waals surface area contributed by atoms with E-state index in [1.807, 2.05) is 18.2 Å². The fourth-order valence-electron chi connectivity index (χ4n) is 1.41. The average Bonchev–Trinajstić information content (AvgIpc) is 2.61. The molecule has 0 aliphatic heterocycles. The molecule has 1 N–H and O–H groups in total. The predicted molar refractivity (Wildman–Crippen MR) is 60.9 cm³/mol. The number of benzene rings is 1. The minimum Gasteiger partial charge on any atom is -0.477 e. The topological polar surface area (TPSA) is 63.3 Å². The first-order valence-electron chi connectivity index (χ1n) is 4.45. The summed E-state index contributed by atoms with van der Waals surface area (Å²) in [5.41, 5.74) is 1.23. The Kier molecular flexibility index (Phi) is 3.68. The van der Waals surface area contributed by atoms with Crippen LogP contribution in [0.3, 0.4) is 0 Å². The number of aromatic carboxylic acids is 1. The van der Waals surface area contributed by atoms with Crippen LogP contribution in [0.2, 0.25) is 0 Å². The van der Waals surface area contributed by atoms with Crippen molar-refractivity contribution < 1.29 is 14.4 Å². The zero-order chi connectivity index (χ0) is 10.8. The molecular weight excluding hydrogens is 230 g/mol. The Bertz CT molecular complexity index is 493. The largest absolute Gasteiger partial charge is 0.477 e. The number of carboxylic acid groups (broad SMARTS) is 1. The Morgan fingerprint density at radius 2 is 1.94 bits per heavy atom. The molecule has 0 atom stereocenters. The van der Waals surface area contributed by atoms with E-state index in [0.29, 0.717) is 11.5 Å². The van der Waals surface area contributed by atoms with E-state index in [0.717, 1.165) is 5.56 Å². The van der Waals surface area contributed by atoms with E-state index < -0.39 is 5.97 Å². The summed E-state index contributed by atoms with van der Waals surface area (Å²) in [7, 11) is 0. The van der Waals surface area contributed by atoms with Crippen LogP contribution in [-0.4, -0.2) is 16.2 Å². The lowest BCUT2D eigenvalue weighted by Gasteiger charge is -1.96. The number of hydrogen-bond donors (Lipinski definition) is 1. The van der Waals surface area contributed by atoms with Crippen molar-refractivity contribution in [3.63, 3.8) is 0 Å². The fourth-order valence-corrected chi connectivity index (χ4v) is 1.41. The van der Waals surface area contributed by atoms with Gasteiger partial charge < -0.3 is 9.63 Å². The molecular formula is C11H10ClNO3. The Balaban J connectivity index is 0.00000128. The molecule has 2 aromatic rings. The highest BCUT2D eigenvalue weighted by atomic mass is 35.5. The van der Waals surface area contributed by atoms with Crippen molar-refractivity contribution in [2.24, 2.45) is 0 Å². The van der Waals surface area contributed by atoms with Crippen molar-refractivity contribution in [3.05, 3.63) is 41.6 Å². The summed E-state index contributed by atoms with van der Waals surface area (Å²) in [4.78, 5) is 11.0. The number of aryl methyl sites for hydroxylation is 1. The maximum absolute atomic E-state index is 11.0. The Hall–Kier alpha value is -1.81. The second kappa shape index (κ2) is 4.81. The molecule has 0 aliphatic carbocycles. The molecule has 0 fully saturated rings. The molecule has 0 unspecified atom stereocenters. The van der Waals surface area contributed by atoms with Gasteiger partial charge in [0.2, 0.25) is 0 Å². The first kappa shape index (κ1) is 12.3. The molecule has 0 saturated carbocycles. The first-order chi connectivity index (χ1) is 7.20. The standard InChI is InChI=1S/C11H9NO3.ClH/c1-7-9(11(13)14)10(15-12-7)8-5-3-2-4-6-8;/h2-6H,1H3,(H,13,14);1H. The summed E-state index contributed by atoms with van der Waals surface area (Å²) in [6.45, 7) is 1.61. The second-order valence-corrected chi connectivity index (χ2v) is 3.14. The number of aromatic nitrogens is 1. The van der Waals surface area contributed by atoms with Crippen LogP contribution in [0.15, 0.2) is 34.9 Å². The fraction of sp³-hybridized carbons (Fsp3) is 0.0909. The van der Waals surface area contributed by atoms with Gasteiger partial charge >= 0.3 is 5.97 Å². The number of carboxylic acids is 1. The highest BCUT2D eigenvalue weighted by Crippen LogP contribution is 2.25. The van der Waals surface area contributed by atoms with Crippen molar-refractivity contribution in [2.75, 3.05) is 0 Å². The number of nitrogens with zero attached hydrogens (tertiary/aromatic N) is 1. The number of halogens is 1. The number of hydrogen-bond acceptors (Lipinski definition) is 3. The zero-order valence-corrected chi connectivity index (χ0v) is 9.32. The monoisotopic (exact) mass is 239 g/mol. The highest BCUT2D eigenvalue weighted by molar-refractivity contribution is 5.95. The van der Waals surface area contributed by atoms with Gasteiger partial charge in [0, 0.05) is 5.56 Å². The first-order valence-corrected chi connectivity index (χ1v) is 4.45. The summed E-state index contributed by atoms with van der Waals surface area (Å²) < 4.78 is 5.01. The van der Waals surface area contributed by atoms with Crippen LogP contribution in [0.25, 0.3) is 11.3 Å². The summed E-state index contributed by atoms with van der Waals surface area (Å²) in [5.74, 6) is -0.715. The van der Waals surface area contributed by atoms with Gasteiger partial charge in [-0.05, 0) is 6.92 Å². The van der Waals surface area contributed by atoms with E-state index in [1.165, 1.54) is 0 Å². The van der Waals surface area contributed by atoms with Gasteiger partial charge in [-0.3, -0.25) is 0 Å². The lowest BCUT2D eigenvalue weighted by atomic mass is 10.1. The maximum Gasteiger partial charge on any atom is 0.341 e. The van der Waals surface area contributed by atoms with E-state index in [1.54, 1.807) is 19.1 Å². The third-order valence-corrected chi connectivity index (χ3v) is 2.11. The van der Waals surface area contributed by atoms with E-state index in [4.69, 9.17) is 9.63 Å². The Labute approximate surface area is 98.3 Å². The quantitative estimate of drug-likeness (QED) is 0.875. The zero-order valence-electron chi connectivity index (χ0n) is 8.51. The SMILES string of the molecule is Cc1noc(-c2ccccc2)c1C(=O)O.Cl. The van der Waals surface area contributed by atoms with Crippen LogP contribution in [0.5, 0.6) is 0 Å². The third-order valence-electron chi connectivity index (χ3n) is 2.11. The molecule has 16 heavy (non-hydrogen) atoms. The molecule has 0 spiro atoms. The number of rotatable bonds is 2. The van der Waals surface area contributed by atoms with Crippen molar-refractivity contribution in [2.45, 2.75) is 6.92 Å². The van der Waals surface area contributed by atoms with E-state index in [-0.39, 0.29) is 18.0 Å². The van der Waals surface area contributed by atoms with Crippen molar-refractivity contribution in [1.82, 2.24) is 5.16 Å². The van der Waals surface area contributed by atoms with Gasteiger partial charge in [-0.1, -0.05) is 35.5 Å². The smallest absolute Gasteiger partial charge is 0.341 e. The van der Waals surface area contributed by atoms with Gasteiger partial charge in [0.15, 0.2) is 5.76 Å². The minimum absolute atomic E-state index is 0. The lowest BCUT2D eigenvalue weighted by Crippen LogP contribution is -1.98. The highest BCUT2D eigenvalue weighted by Gasteiger charge is 2.20. The normalized spacial score (nSPS) is 9.56. The van der Waals surface area contributed by atoms with E-state index in [2.05, 4.69) is 5.16 Å². The van der Waals surface area contributed by atoms with Crippen LogP contribution < -0.4 is 0 Å². The Morgan fingerprint density at radius 1 is 1.31 bits per heavy atom. The van der Waals surface area contributed by atoms with Crippen LogP contribution >= 0.6 is 12.4 Å². The second-order valence-electron chi connectivity index (χ2n) is 3.14. The van der Waals surface area contributed by atoms with Crippen LogP contribution in [-0.2, 0) is 0 Å². The molecule has 0 saturated heterocycles.